The molecule has 0 saturated carbocycles. The maximum Gasteiger partial charge on any atom is 0.416 e. The molecule has 1 aliphatic heterocycles. The first-order valence-corrected chi connectivity index (χ1v) is 8.70. The van der Waals surface area contributed by atoms with Gasteiger partial charge in [0.15, 0.2) is 5.13 Å². The SMILES string of the molecule is CC1CN(CCO)CC(C)N1c1nc2ccc(C(F)(F)F)cc2s1. The zero-order valence-electron chi connectivity index (χ0n) is 13.5. The standard InChI is InChI=1S/C16H20F3N3OS/c1-10-8-21(5-6-23)9-11(2)22(10)15-20-13-4-3-12(16(17,18)19)7-14(13)24-15/h3-4,7,10-11,23H,5-6,8-9H2,1-2H3. The number of alkyl halides is 3. The van der Waals surface area contributed by atoms with E-state index >= 15 is 0 Å². The summed E-state index contributed by atoms with van der Waals surface area (Å²) in [5.74, 6) is 0. The molecule has 1 aliphatic rings. The number of hydrogen-bond acceptors (Lipinski definition) is 5. The third-order valence-corrected chi connectivity index (χ3v) is 5.37. The summed E-state index contributed by atoms with van der Waals surface area (Å²) in [5, 5.41) is 9.86. The molecule has 132 valence electrons. The predicted octanol–water partition coefficient (Wildman–Crippen LogP) is 3.21. The Hall–Kier alpha value is -1.38. The summed E-state index contributed by atoms with van der Waals surface area (Å²) >= 11 is 1.30. The molecule has 1 saturated heterocycles. The molecule has 3 rings (SSSR count). The molecule has 2 unspecified atom stereocenters. The number of aromatic nitrogens is 1. The summed E-state index contributed by atoms with van der Waals surface area (Å²) in [4.78, 5) is 8.91. The molecule has 24 heavy (non-hydrogen) atoms. The van der Waals surface area contributed by atoms with Gasteiger partial charge in [-0.05, 0) is 32.0 Å². The normalized spacial score (nSPS) is 23.2. The van der Waals surface area contributed by atoms with Crippen LogP contribution in [0.25, 0.3) is 10.2 Å². The number of aliphatic hydroxyl groups is 1. The van der Waals surface area contributed by atoms with Crippen molar-refractivity contribution in [1.82, 2.24) is 9.88 Å². The van der Waals surface area contributed by atoms with Crippen LogP contribution in [0.3, 0.4) is 0 Å². The summed E-state index contributed by atoms with van der Waals surface area (Å²) in [6, 6.07) is 4.06. The summed E-state index contributed by atoms with van der Waals surface area (Å²) in [7, 11) is 0. The van der Waals surface area contributed by atoms with Crippen molar-refractivity contribution >= 4 is 26.7 Å². The van der Waals surface area contributed by atoms with E-state index in [2.05, 4.69) is 28.6 Å². The summed E-state index contributed by atoms with van der Waals surface area (Å²) in [5.41, 5.74) is -0.0424. The molecule has 0 spiro atoms. The molecule has 2 heterocycles. The van der Waals surface area contributed by atoms with E-state index in [9.17, 15) is 13.2 Å². The molecule has 1 aromatic heterocycles. The van der Waals surface area contributed by atoms with Gasteiger partial charge in [0.25, 0.3) is 0 Å². The lowest BCUT2D eigenvalue weighted by atomic mass is 10.1. The van der Waals surface area contributed by atoms with Crippen molar-refractivity contribution in [3.05, 3.63) is 23.8 Å². The maximum atomic E-state index is 12.9. The number of thiazole rings is 1. The molecule has 1 aromatic carbocycles. The van der Waals surface area contributed by atoms with Gasteiger partial charge in [-0.1, -0.05) is 11.3 Å². The van der Waals surface area contributed by atoms with Crippen LogP contribution in [0, 0.1) is 0 Å². The topological polar surface area (TPSA) is 39.6 Å². The largest absolute Gasteiger partial charge is 0.416 e. The number of fused-ring (bicyclic) bond motifs is 1. The number of β-amino-alcohol motifs (C(OH)–C–C–N with tert-alkyl or cyclic N) is 1. The smallest absolute Gasteiger partial charge is 0.395 e. The Morgan fingerprint density at radius 3 is 2.50 bits per heavy atom. The lowest BCUT2D eigenvalue weighted by Gasteiger charge is -2.44. The molecule has 0 radical (unpaired) electrons. The van der Waals surface area contributed by atoms with E-state index in [0.29, 0.717) is 16.8 Å². The summed E-state index contributed by atoms with van der Waals surface area (Å²) < 4.78 is 39.1. The molecule has 8 heteroatoms. The Balaban J connectivity index is 1.89. The van der Waals surface area contributed by atoms with Crippen molar-refractivity contribution in [3.8, 4) is 0 Å². The van der Waals surface area contributed by atoms with Crippen molar-refractivity contribution in [2.45, 2.75) is 32.1 Å². The number of halogens is 3. The first kappa shape index (κ1) is 17.4. The van der Waals surface area contributed by atoms with E-state index < -0.39 is 11.7 Å². The highest BCUT2D eigenvalue weighted by atomic mass is 32.1. The van der Waals surface area contributed by atoms with Crippen LogP contribution in [0.2, 0.25) is 0 Å². The molecule has 1 fully saturated rings. The van der Waals surface area contributed by atoms with Crippen LogP contribution in [-0.4, -0.2) is 53.3 Å². The molecular weight excluding hydrogens is 339 g/mol. The molecular formula is C16H20F3N3OS. The minimum absolute atomic E-state index is 0.126. The fourth-order valence-electron chi connectivity index (χ4n) is 3.33. The van der Waals surface area contributed by atoms with Gasteiger partial charge < -0.3 is 10.0 Å². The number of anilines is 1. The van der Waals surface area contributed by atoms with Crippen LogP contribution < -0.4 is 4.90 Å². The molecule has 4 nitrogen and oxygen atoms in total. The fraction of sp³-hybridized carbons (Fsp3) is 0.562. The maximum absolute atomic E-state index is 12.9. The number of nitrogens with zero attached hydrogens (tertiary/aromatic N) is 3. The van der Waals surface area contributed by atoms with Gasteiger partial charge in [0, 0.05) is 31.7 Å². The highest BCUT2D eigenvalue weighted by molar-refractivity contribution is 7.22. The molecule has 1 N–H and O–H groups in total. The van der Waals surface area contributed by atoms with Crippen molar-refractivity contribution in [3.63, 3.8) is 0 Å². The van der Waals surface area contributed by atoms with Gasteiger partial charge in [0.05, 0.1) is 22.4 Å². The lowest BCUT2D eigenvalue weighted by Crippen LogP contribution is -2.57. The van der Waals surface area contributed by atoms with Crippen molar-refractivity contribution < 1.29 is 18.3 Å². The Kier molecular flexibility index (Phi) is 4.72. The second-order valence-corrected chi connectivity index (χ2v) is 7.27. The average molecular weight is 359 g/mol. The van der Waals surface area contributed by atoms with Crippen LogP contribution in [0.5, 0.6) is 0 Å². The molecule has 2 atom stereocenters. The van der Waals surface area contributed by atoms with Gasteiger partial charge in [-0.15, -0.1) is 0 Å². The average Bonchev–Trinajstić information content (AvgIpc) is 2.88. The lowest BCUT2D eigenvalue weighted by molar-refractivity contribution is -0.137. The Bertz CT molecular complexity index is 706. The third-order valence-electron chi connectivity index (χ3n) is 4.34. The van der Waals surface area contributed by atoms with E-state index in [1.54, 1.807) is 0 Å². The highest BCUT2D eigenvalue weighted by Crippen LogP contribution is 2.37. The van der Waals surface area contributed by atoms with Gasteiger partial charge in [-0.2, -0.15) is 13.2 Å². The quantitative estimate of drug-likeness (QED) is 0.914. The predicted molar refractivity (Wildman–Crippen MR) is 89.6 cm³/mol. The molecule has 0 bridgehead atoms. The first-order chi connectivity index (χ1) is 11.3. The van der Waals surface area contributed by atoms with Crippen LogP contribution in [0.4, 0.5) is 18.3 Å². The summed E-state index contributed by atoms with van der Waals surface area (Å²) in [6.45, 7) is 6.52. The zero-order valence-corrected chi connectivity index (χ0v) is 14.4. The monoisotopic (exact) mass is 359 g/mol. The van der Waals surface area contributed by atoms with Gasteiger partial charge in [0.1, 0.15) is 0 Å². The number of benzene rings is 1. The minimum Gasteiger partial charge on any atom is -0.395 e. The Morgan fingerprint density at radius 2 is 1.92 bits per heavy atom. The summed E-state index contributed by atoms with van der Waals surface area (Å²) in [6.07, 6.45) is -4.34. The van der Waals surface area contributed by atoms with Crippen LogP contribution >= 0.6 is 11.3 Å². The number of aliphatic hydroxyl groups excluding tert-OH is 1. The molecule has 2 aromatic rings. The van der Waals surface area contributed by atoms with Crippen molar-refractivity contribution in [2.75, 3.05) is 31.1 Å². The molecule has 0 amide bonds. The second kappa shape index (κ2) is 6.50. The molecule has 0 aliphatic carbocycles. The van der Waals surface area contributed by atoms with Crippen LogP contribution in [-0.2, 0) is 6.18 Å². The highest BCUT2D eigenvalue weighted by Gasteiger charge is 2.33. The van der Waals surface area contributed by atoms with Gasteiger partial charge >= 0.3 is 6.18 Å². The number of rotatable bonds is 3. The van der Waals surface area contributed by atoms with Gasteiger partial charge in [0.2, 0.25) is 0 Å². The van der Waals surface area contributed by atoms with Gasteiger partial charge in [-0.3, -0.25) is 4.90 Å². The second-order valence-electron chi connectivity index (χ2n) is 6.27. The third kappa shape index (κ3) is 3.36. The van der Waals surface area contributed by atoms with E-state index in [0.717, 1.165) is 24.3 Å². The van der Waals surface area contributed by atoms with E-state index in [-0.39, 0.29) is 18.7 Å². The first-order valence-electron chi connectivity index (χ1n) is 7.89. The van der Waals surface area contributed by atoms with E-state index in [4.69, 9.17) is 5.11 Å². The van der Waals surface area contributed by atoms with E-state index in [1.807, 2.05) is 0 Å². The van der Waals surface area contributed by atoms with Crippen molar-refractivity contribution in [2.24, 2.45) is 0 Å². The number of hydrogen-bond donors (Lipinski definition) is 1. The van der Waals surface area contributed by atoms with E-state index in [1.165, 1.54) is 23.5 Å². The Morgan fingerprint density at radius 1 is 1.25 bits per heavy atom. The van der Waals surface area contributed by atoms with Crippen molar-refractivity contribution in [1.29, 1.82) is 0 Å². The minimum atomic E-state index is -4.34. The van der Waals surface area contributed by atoms with Crippen LogP contribution in [0.1, 0.15) is 19.4 Å². The van der Waals surface area contributed by atoms with Crippen LogP contribution in [0.15, 0.2) is 18.2 Å². The van der Waals surface area contributed by atoms with Gasteiger partial charge in [-0.25, -0.2) is 4.98 Å². The fourth-order valence-corrected chi connectivity index (χ4v) is 4.54. The zero-order chi connectivity index (χ0) is 17.5. The number of piperazine rings is 1. The Labute approximate surface area is 142 Å².